The number of pyridine rings is 1. The number of rotatable bonds is 3. The van der Waals surface area contributed by atoms with Crippen molar-refractivity contribution in [2.45, 2.75) is 6.92 Å². The van der Waals surface area contributed by atoms with E-state index >= 15 is 0 Å². The number of aromatic nitrogens is 3. The van der Waals surface area contributed by atoms with Gasteiger partial charge >= 0.3 is 0 Å². The molecule has 0 saturated heterocycles. The molecular formula is C16H13ClN4. The SMILES string of the molecule is Cc1ccc(Nc2nccc(-c3cccnc3)n2)cc1Cl. The van der Waals surface area contributed by atoms with E-state index < -0.39 is 0 Å². The molecular weight excluding hydrogens is 284 g/mol. The molecule has 4 nitrogen and oxygen atoms in total. The van der Waals surface area contributed by atoms with Crippen LogP contribution in [-0.2, 0) is 0 Å². The molecule has 1 aromatic carbocycles. The monoisotopic (exact) mass is 296 g/mol. The van der Waals surface area contributed by atoms with Crippen LogP contribution in [0.4, 0.5) is 11.6 Å². The highest BCUT2D eigenvalue weighted by Crippen LogP contribution is 2.23. The van der Waals surface area contributed by atoms with Gasteiger partial charge in [-0.3, -0.25) is 4.98 Å². The number of benzene rings is 1. The molecule has 3 aromatic rings. The summed E-state index contributed by atoms with van der Waals surface area (Å²) in [6, 6.07) is 11.4. The Hall–Kier alpha value is -2.46. The topological polar surface area (TPSA) is 50.7 Å². The first-order valence-electron chi connectivity index (χ1n) is 6.49. The Kier molecular flexibility index (Phi) is 3.79. The molecule has 0 aliphatic heterocycles. The minimum atomic E-state index is 0.524. The Morgan fingerprint density at radius 1 is 1.10 bits per heavy atom. The molecule has 0 spiro atoms. The van der Waals surface area contributed by atoms with E-state index in [4.69, 9.17) is 11.6 Å². The van der Waals surface area contributed by atoms with Crippen LogP contribution in [0.5, 0.6) is 0 Å². The Balaban J connectivity index is 1.88. The molecule has 5 heteroatoms. The number of anilines is 2. The lowest BCUT2D eigenvalue weighted by Crippen LogP contribution is -1.98. The van der Waals surface area contributed by atoms with Crippen LogP contribution in [0.25, 0.3) is 11.3 Å². The van der Waals surface area contributed by atoms with Crippen LogP contribution in [0.2, 0.25) is 5.02 Å². The van der Waals surface area contributed by atoms with E-state index in [0.717, 1.165) is 22.5 Å². The summed E-state index contributed by atoms with van der Waals surface area (Å²) in [6.45, 7) is 1.96. The summed E-state index contributed by atoms with van der Waals surface area (Å²) in [4.78, 5) is 12.8. The predicted octanol–water partition coefficient (Wildman–Crippen LogP) is 4.24. The number of halogens is 1. The second kappa shape index (κ2) is 5.89. The average Bonchev–Trinajstić information content (AvgIpc) is 2.52. The summed E-state index contributed by atoms with van der Waals surface area (Å²) in [7, 11) is 0. The van der Waals surface area contributed by atoms with Gasteiger partial charge in [0, 0.05) is 34.9 Å². The first-order chi connectivity index (χ1) is 10.2. The van der Waals surface area contributed by atoms with Crippen LogP contribution in [-0.4, -0.2) is 15.0 Å². The van der Waals surface area contributed by atoms with Crippen molar-refractivity contribution in [1.29, 1.82) is 0 Å². The number of nitrogens with zero attached hydrogens (tertiary/aromatic N) is 3. The van der Waals surface area contributed by atoms with Crippen molar-refractivity contribution < 1.29 is 0 Å². The Morgan fingerprint density at radius 3 is 2.76 bits per heavy atom. The van der Waals surface area contributed by atoms with Crippen LogP contribution in [0.15, 0.2) is 55.0 Å². The van der Waals surface area contributed by atoms with E-state index in [1.165, 1.54) is 0 Å². The van der Waals surface area contributed by atoms with Gasteiger partial charge in [0.05, 0.1) is 5.69 Å². The van der Waals surface area contributed by atoms with E-state index in [1.807, 2.05) is 43.3 Å². The smallest absolute Gasteiger partial charge is 0.227 e. The van der Waals surface area contributed by atoms with Crippen LogP contribution in [0.3, 0.4) is 0 Å². The third-order valence-corrected chi connectivity index (χ3v) is 3.45. The maximum atomic E-state index is 6.12. The van der Waals surface area contributed by atoms with Gasteiger partial charge in [-0.25, -0.2) is 9.97 Å². The highest BCUT2D eigenvalue weighted by molar-refractivity contribution is 6.31. The lowest BCUT2D eigenvalue weighted by atomic mass is 10.2. The molecule has 21 heavy (non-hydrogen) atoms. The van der Waals surface area contributed by atoms with Gasteiger partial charge in [0.25, 0.3) is 0 Å². The van der Waals surface area contributed by atoms with Gasteiger partial charge in [-0.15, -0.1) is 0 Å². The summed E-state index contributed by atoms with van der Waals surface area (Å²) in [6.07, 6.45) is 5.22. The van der Waals surface area contributed by atoms with Gasteiger partial charge in [-0.05, 0) is 42.8 Å². The van der Waals surface area contributed by atoms with Gasteiger partial charge in [-0.2, -0.15) is 0 Å². The zero-order valence-corrected chi connectivity index (χ0v) is 12.2. The van der Waals surface area contributed by atoms with E-state index in [9.17, 15) is 0 Å². The summed E-state index contributed by atoms with van der Waals surface area (Å²) >= 11 is 6.12. The van der Waals surface area contributed by atoms with Crippen molar-refractivity contribution in [3.05, 3.63) is 65.6 Å². The summed E-state index contributed by atoms with van der Waals surface area (Å²) < 4.78 is 0. The first-order valence-corrected chi connectivity index (χ1v) is 6.87. The molecule has 0 fully saturated rings. The van der Waals surface area contributed by atoms with E-state index in [0.29, 0.717) is 11.0 Å². The summed E-state index contributed by atoms with van der Waals surface area (Å²) in [5.41, 5.74) is 3.66. The highest BCUT2D eigenvalue weighted by Gasteiger charge is 2.04. The van der Waals surface area contributed by atoms with Crippen LogP contribution < -0.4 is 5.32 Å². The fraction of sp³-hybridized carbons (Fsp3) is 0.0625. The van der Waals surface area contributed by atoms with Crippen molar-refractivity contribution >= 4 is 23.2 Å². The quantitative estimate of drug-likeness (QED) is 0.785. The fourth-order valence-electron chi connectivity index (χ4n) is 1.89. The summed E-state index contributed by atoms with van der Waals surface area (Å²) in [5, 5.41) is 3.87. The van der Waals surface area contributed by atoms with E-state index in [2.05, 4.69) is 20.3 Å². The molecule has 0 bridgehead atoms. The van der Waals surface area contributed by atoms with Crippen LogP contribution in [0, 0.1) is 6.92 Å². The fourth-order valence-corrected chi connectivity index (χ4v) is 2.07. The molecule has 0 amide bonds. The van der Waals surface area contributed by atoms with Gasteiger partial charge in [0.15, 0.2) is 0 Å². The lowest BCUT2D eigenvalue weighted by molar-refractivity contribution is 1.16. The molecule has 104 valence electrons. The van der Waals surface area contributed by atoms with Crippen LogP contribution in [0.1, 0.15) is 5.56 Å². The number of hydrogen-bond acceptors (Lipinski definition) is 4. The van der Waals surface area contributed by atoms with Crippen molar-refractivity contribution in [1.82, 2.24) is 15.0 Å². The van der Waals surface area contributed by atoms with Crippen molar-refractivity contribution in [3.63, 3.8) is 0 Å². The van der Waals surface area contributed by atoms with Crippen molar-refractivity contribution in [3.8, 4) is 11.3 Å². The first kappa shape index (κ1) is 13.5. The van der Waals surface area contributed by atoms with Crippen molar-refractivity contribution in [2.24, 2.45) is 0 Å². The minimum Gasteiger partial charge on any atom is -0.324 e. The molecule has 0 atom stereocenters. The highest BCUT2D eigenvalue weighted by atomic mass is 35.5. The minimum absolute atomic E-state index is 0.524. The number of aryl methyl sites for hydroxylation is 1. The van der Waals surface area contributed by atoms with Gasteiger partial charge < -0.3 is 5.32 Å². The number of nitrogens with one attached hydrogen (secondary N) is 1. The predicted molar refractivity (Wildman–Crippen MR) is 84.7 cm³/mol. The van der Waals surface area contributed by atoms with E-state index in [1.54, 1.807) is 18.6 Å². The molecule has 2 aromatic heterocycles. The summed E-state index contributed by atoms with van der Waals surface area (Å²) in [5.74, 6) is 0.524. The molecule has 2 heterocycles. The van der Waals surface area contributed by atoms with Gasteiger partial charge in [0.2, 0.25) is 5.95 Å². The molecule has 0 saturated carbocycles. The Labute approximate surface area is 127 Å². The molecule has 0 unspecified atom stereocenters. The van der Waals surface area contributed by atoms with Crippen molar-refractivity contribution in [2.75, 3.05) is 5.32 Å². The van der Waals surface area contributed by atoms with Gasteiger partial charge in [-0.1, -0.05) is 17.7 Å². The standard InChI is InChI=1S/C16H13ClN4/c1-11-4-5-13(9-14(11)17)20-16-19-8-6-15(21-16)12-3-2-7-18-10-12/h2-10H,1H3,(H,19,20,21). The van der Waals surface area contributed by atoms with Crippen LogP contribution >= 0.6 is 11.6 Å². The normalized spacial score (nSPS) is 10.4. The third-order valence-electron chi connectivity index (χ3n) is 3.04. The number of hydrogen-bond donors (Lipinski definition) is 1. The Morgan fingerprint density at radius 2 is 2.00 bits per heavy atom. The second-order valence-corrected chi connectivity index (χ2v) is 5.00. The third kappa shape index (κ3) is 3.17. The molecule has 0 aliphatic rings. The molecule has 3 rings (SSSR count). The van der Waals surface area contributed by atoms with E-state index in [-0.39, 0.29) is 0 Å². The molecule has 1 N–H and O–H groups in total. The average molecular weight is 297 g/mol. The maximum Gasteiger partial charge on any atom is 0.227 e. The maximum absolute atomic E-state index is 6.12. The largest absolute Gasteiger partial charge is 0.324 e. The zero-order valence-electron chi connectivity index (χ0n) is 11.4. The second-order valence-electron chi connectivity index (χ2n) is 4.60. The molecule has 0 radical (unpaired) electrons. The zero-order chi connectivity index (χ0) is 14.7. The Bertz CT molecular complexity index is 759. The van der Waals surface area contributed by atoms with Gasteiger partial charge in [0.1, 0.15) is 0 Å². The molecule has 0 aliphatic carbocycles. The lowest BCUT2D eigenvalue weighted by Gasteiger charge is -2.07.